The van der Waals surface area contributed by atoms with E-state index in [4.69, 9.17) is 9.47 Å². The van der Waals surface area contributed by atoms with E-state index in [1.54, 1.807) is 13.4 Å². The fourth-order valence-electron chi connectivity index (χ4n) is 4.45. The van der Waals surface area contributed by atoms with Crippen molar-refractivity contribution in [2.45, 2.75) is 12.1 Å². The first-order chi connectivity index (χ1) is 15.3. The Labute approximate surface area is 179 Å². The maximum absolute atomic E-state index is 6.60. The maximum Gasteiger partial charge on any atom is 0.226 e. The lowest BCUT2D eigenvalue weighted by Crippen LogP contribution is -2.32. The fraction of sp³-hybridized carbons (Fsp3) is 0.120. The molecule has 0 bridgehead atoms. The average molecular weight is 408 g/mol. The van der Waals surface area contributed by atoms with Gasteiger partial charge in [0.05, 0.1) is 12.8 Å². The minimum absolute atomic E-state index is 0.192. The minimum Gasteiger partial charge on any atom is -0.497 e. The lowest BCUT2D eigenvalue weighted by atomic mass is 9.84. The summed E-state index contributed by atoms with van der Waals surface area (Å²) >= 11 is 0. The third-order valence-corrected chi connectivity index (χ3v) is 5.83. The van der Waals surface area contributed by atoms with Crippen LogP contribution in [0.25, 0.3) is 5.70 Å². The Kier molecular flexibility index (Phi) is 4.02. The molecule has 1 N–H and O–H groups in total. The average Bonchev–Trinajstić information content (AvgIpc) is 3.31. The van der Waals surface area contributed by atoms with E-state index in [1.165, 1.54) is 0 Å². The highest BCUT2D eigenvalue weighted by Crippen LogP contribution is 2.50. The topological polar surface area (TPSA) is 61.2 Å². The number of fused-ring (bicyclic) bond motifs is 3. The molecule has 6 rings (SSSR count). The summed E-state index contributed by atoms with van der Waals surface area (Å²) in [5.74, 6) is 2.35. The van der Waals surface area contributed by atoms with Crippen LogP contribution in [0.4, 0.5) is 5.95 Å². The summed E-state index contributed by atoms with van der Waals surface area (Å²) in [6.45, 7) is 0. The fourth-order valence-corrected chi connectivity index (χ4v) is 4.45. The molecule has 2 aliphatic rings. The van der Waals surface area contributed by atoms with Crippen molar-refractivity contribution in [3.05, 3.63) is 107 Å². The molecule has 3 aromatic carbocycles. The van der Waals surface area contributed by atoms with Crippen LogP contribution in [0, 0.1) is 0 Å². The molecule has 0 fully saturated rings. The zero-order chi connectivity index (χ0) is 20.8. The summed E-state index contributed by atoms with van der Waals surface area (Å²) in [4.78, 5) is 4.47. The van der Waals surface area contributed by atoms with Gasteiger partial charge in [-0.25, -0.2) is 4.68 Å². The summed E-state index contributed by atoms with van der Waals surface area (Å²) in [6, 6.07) is 26.3. The lowest BCUT2D eigenvalue weighted by molar-refractivity contribution is 0.223. The summed E-state index contributed by atoms with van der Waals surface area (Å²) in [5.41, 5.74) is 5.28. The van der Waals surface area contributed by atoms with E-state index in [2.05, 4.69) is 45.7 Å². The van der Waals surface area contributed by atoms with Crippen LogP contribution in [0.2, 0.25) is 0 Å². The van der Waals surface area contributed by atoms with Crippen molar-refractivity contribution in [3.63, 3.8) is 0 Å². The lowest BCUT2D eigenvalue weighted by Gasteiger charge is -2.39. The Morgan fingerprint density at radius 1 is 0.935 bits per heavy atom. The molecule has 2 aliphatic heterocycles. The maximum atomic E-state index is 6.60. The standard InChI is InChI=1S/C25H20N4O2/c1-30-18-11-7-10-17(14-18)23-21-22(28-25-26-15-27-29(23)25)19-12-5-6-13-20(19)31-24(21)16-8-3-2-4-9-16/h2-15,23-24H,1H3,(H,26,27,28)/t23-,24+/m0/s1. The largest absolute Gasteiger partial charge is 0.497 e. The number of rotatable bonds is 3. The van der Waals surface area contributed by atoms with Gasteiger partial charge in [0, 0.05) is 11.1 Å². The summed E-state index contributed by atoms with van der Waals surface area (Å²) in [5, 5.41) is 8.08. The van der Waals surface area contributed by atoms with Crippen molar-refractivity contribution >= 4 is 11.6 Å². The molecule has 3 heterocycles. The van der Waals surface area contributed by atoms with Gasteiger partial charge in [-0.1, -0.05) is 54.6 Å². The molecule has 4 aromatic rings. The molecule has 1 aromatic heterocycles. The number of nitrogens with zero attached hydrogens (tertiary/aromatic N) is 3. The zero-order valence-corrected chi connectivity index (χ0v) is 16.9. The van der Waals surface area contributed by atoms with Gasteiger partial charge in [0.15, 0.2) is 0 Å². The van der Waals surface area contributed by atoms with Gasteiger partial charge in [-0.15, -0.1) is 0 Å². The normalized spacial score (nSPS) is 18.9. The van der Waals surface area contributed by atoms with Crippen LogP contribution in [-0.2, 0) is 0 Å². The summed E-state index contributed by atoms with van der Waals surface area (Å²) in [6.07, 6.45) is 1.31. The Balaban J connectivity index is 1.63. The van der Waals surface area contributed by atoms with E-state index >= 15 is 0 Å². The van der Waals surface area contributed by atoms with Crippen molar-refractivity contribution in [1.29, 1.82) is 0 Å². The van der Waals surface area contributed by atoms with E-state index in [-0.39, 0.29) is 12.1 Å². The number of hydrogen-bond donors (Lipinski definition) is 1. The second kappa shape index (κ2) is 7.02. The smallest absolute Gasteiger partial charge is 0.226 e. The molecule has 6 heteroatoms. The first kappa shape index (κ1) is 17.8. The third-order valence-electron chi connectivity index (χ3n) is 5.83. The van der Waals surface area contributed by atoms with Crippen molar-refractivity contribution in [2.24, 2.45) is 0 Å². The first-order valence-electron chi connectivity index (χ1n) is 10.2. The second-order valence-corrected chi connectivity index (χ2v) is 7.57. The van der Waals surface area contributed by atoms with Gasteiger partial charge in [-0.05, 0) is 35.4 Å². The summed E-state index contributed by atoms with van der Waals surface area (Å²) < 4.78 is 14.0. The van der Waals surface area contributed by atoms with Gasteiger partial charge < -0.3 is 14.8 Å². The van der Waals surface area contributed by atoms with Gasteiger partial charge in [-0.3, -0.25) is 0 Å². The molecule has 0 radical (unpaired) electrons. The SMILES string of the molecule is COc1cccc([C@H]2C3=C(Nc4ncnn42)c2ccccc2O[C@@H]3c2ccccc2)c1. The Morgan fingerprint density at radius 3 is 2.61 bits per heavy atom. The van der Waals surface area contributed by atoms with Crippen LogP contribution in [0.3, 0.4) is 0 Å². The molecule has 0 spiro atoms. The Bertz CT molecular complexity index is 1300. The highest BCUT2D eigenvalue weighted by molar-refractivity contribution is 5.85. The Morgan fingerprint density at radius 2 is 1.74 bits per heavy atom. The first-order valence-corrected chi connectivity index (χ1v) is 10.2. The van der Waals surface area contributed by atoms with E-state index in [9.17, 15) is 0 Å². The number of methoxy groups -OCH3 is 1. The van der Waals surface area contributed by atoms with E-state index in [1.807, 2.05) is 53.2 Å². The highest BCUT2D eigenvalue weighted by Gasteiger charge is 2.40. The zero-order valence-electron chi connectivity index (χ0n) is 16.9. The van der Waals surface area contributed by atoms with E-state index in [0.29, 0.717) is 5.95 Å². The van der Waals surface area contributed by atoms with Crippen LogP contribution in [0.15, 0.2) is 90.8 Å². The number of nitrogens with one attached hydrogen (secondary N) is 1. The number of hydrogen-bond acceptors (Lipinski definition) is 5. The van der Waals surface area contributed by atoms with E-state index < -0.39 is 0 Å². The highest BCUT2D eigenvalue weighted by atomic mass is 16.5. The molecule has 0 saturated heterocycles. The molecule has 6 nitrogen and oxygen atoms in total. The van der Waals surface area contributed by atoms with Crippen molar-refractivity contribution in [3.8, 4) is 11.5 Å². The molecule has 2 atom stereocenters. The molecule has 152 valence electrons. The molecule has 31 heavy (non-hydrogen) atoms. The number of anilines is 1. The molecule has 0 amide bonds. The van der Waals surface area contributed by atoms with Crippen LogP contribution >= 0.6 is 0 Å². The molecule has 0 aliphatic carbocycles. The van der Waals surface area contributed by atoms with Gasteiger partial charge >= 0.3 is 0 Å². The quantitative estimate of drug-likeness (QED) is 0.525. The van der Waals surface area contributed by atoms with Gasteiger partial charge in [-0.2, -0.15) is 10.1 Å². The van der Waals surface area contributed by atoms with Crippen LogP contribution in [-0.4, -0.2) is 21.9 Å². The van der Waals surface area contributed by atoms with Crippen LogP contribution in [0.1, 0.15) is 28.8 Å². The van der Waals surface area contributed by atoms with Crippen LogP contribution in [0.5, 0.6) is 11.5 Å². The second-order valence-electron chi connectivity index (χ2n) is 7.57. The van der Waals surface area contributed by atoms with E-state index in [0.717, 1.165) is 39.5 Å². The van der Waals surface area contributed by atoms with Gasteiger partial charge in [0.1, 0.15) is 30.0 Å². The third kappa shape index (κ3) is 2.79. The Hall–Kier alpha value is -4.06. The predicted octanol–water partition coefficient (Wildman–Crippen LogP) is 4.85. The molecule has 0 saturated carbocycles. The number of ether oxygens (including phenoxy) is 2. The number of aromatic nitrogens is 3. The summed E-state index contributed by atoms with van der Waals surface area (Å²) in [7, 11) is 1.68. The molecule has 0 unspecified atom stereocenters. The monoisotopic (exact) mass is 408 g/mol. The van der Waals surface area contributed by atoms with Crippen molar-refractivity contribution in [2.75, 3.05) is 12.4 Å². The van der Waals surface area contributed by atoms with Crippen molar-refractivity contribution in [1.82, 2.24) is 14.8 Å². The number of benzene rings is 3. The van der Waals surface area contributed by atoms with Crippen molar-refractivity contribution < 1.29 is 9.47 Å². The predicted molar refractivity (Wildman–Crippen MR) is 118 cm³/mol. The minimum atomic E-state index is -0.271. The van der Waals surface area contributed by atoms with Gasteiger partial charge in [0.2, 0.25) is 5.95 Å². The molecular formula is C25H20N4O2. The number of para-hydroxylation sites is 1. The van der Waals surface area contributed by atoms with Crippen LogP contribution < -0.4 is 14.8 Å². The van der Waals surface area contributed by atoms with Gasteiger partial charge in [0.25, 0.3) is 0 Å². The molecular weight excluding hydrogens is 388 g/mol.